The molecule has 1 aliphatic heterocycles. The van der Waals surface area contributed by atoms with Crippen LogP contribution < -0.4 is 5.32 Å². The molecule has 2 heterocycles. The quantitative estimate of drug-likeness (QED) is 0.781. The molecule has 2 nitrogen and oxygen atoms in total. The molecule has 3 rings (SSSR count). The third-order valence-corrected chi connectivity index (χ3v) is 5.59. The molecular weight excluding hydrogens is 380 g/mol. The summed E-state index contributed by atoms with van der Waals surface area (Å²) in [6, 6.07) is 7.57. The fourth-order valence-electron chi connectivity index (χ4n) is 2.90. The molecule has 8 heteroatoms. The van der Waals surface area contributed by atoms with Crippen LogP contribution in [0, 0.1) is 0 Å². The standard InChI is InChI=1S/C16H15Cl2F3N2S/c17-12-9-10(1-2-11(12)16(19,20)21)15(13-3-4-14(18)24-13)23-7-5-22-6-8-23/h1-4,9,15,22H,5-8H2/t15-/m0/s1. The summed E-state index contributed by atoms with van der Waals surface area (Å²) in [5.41, 5.74) is -0.0652. The van der Waals surface area contributed by atoms with Gasteiger partial charge in [0.05, 0.1) is 21.0 Å². The molecule has 1 aliphatic rings. The molecule has 0 spiro atoms. The van der Waals surface area contributed by atoms with Crippen molar-refractivity contribution in [2.24, 2.45) is 0 Å². The lowest BCUT2D eigenvalue weighted by molar-refractivity contribution is -0.137. The monoisotopic (exact) mass is 394 g/mol. The van der Waals surface area contributed by atoms with Gasteiger partial charge in [-0.05, 0) is 29.8 Å². The highest BCUT2D eigenvalue weighted by molar-refractivity contribution is 7.16. The van der Waals surface area contributed by atoms with Gasteiger partial charge < -0.3 is 5.32 Å². The van der Waals surface area contributed by atoms with Crippen molar-refractivity contribution in [1.82, 2.24) is 10.2 Å². The number of benzene rings is 1. The van der Waals surface area contributed by atoms with Crippen LogP contribution in [-0.2, 0) is 6.18 Å². The maximum atomic E-state index is 12.9. The van der Waals surface area contributed by atoms with Crippen LogP contribution in [0.5, 0.6) is 0 Å². The zero-order valence-corrected chi connectivity index (χ0v) is 14.9. The lowest BCUT2D eigenvalue weighted by atomic mass is 10.0. The molecule has 0 amide bonds. The summed E-state index contributed by atoms with van der Waals surface area (Å²) in [5, 5.41) is 3.00. The summed E-state index contributed by atoms with van der Waals surface area (Å²) < 4.78 is 39.5. The number of rotatable bonds is 3. The molecule has 1 N–H and O–H groups in total. The number of alkyl halides is 3. The second kappa shape index (κ2) is 7.22. The fraction of sp³-hybridized carbons (Fsp3) is 0.375. The molecule has 0 unspecified atom stereocenters. The Hall–Kier alpha value is -0.790. The summed E-state index contributed by atoms with van der Waals surface area (Å²) in [4.78, 5) is 3.23. The average molecular weight is 395 g/mol. The molecule has 0 radical (unpaired) electrons. The van der Waals surface area contributed by atoms with Crippen molar-refractivity contribution in [2.75, 3.05) is 26.2 Å². The molecule has 130 valence electrons. The number of hydrogen-bond acceptors (Lipinski definition) is 3. The Balaban J connectivity index is 2.00. The van der Waals surface area contributed by atoms with Crippen molar-refractivity contribution in [3.8, 4) is 0 Å². The summed E-state index contributed by atoms with van der Waals surface area (Å²) in [5.74, 6) is 0. The first kappa shape index (κ1) is 18.0. The zero-order chi connectivity index (χ0) is 17.3. The van der Waals surface area contributed by atoms with Gasteiger partial charge in [-0.1, -0.05) is 29.3 Å². The van der Waals surface area contributed by atoms with Gasteiger partial charge in [0.25, 0.3) is 0 Å². The van der Waals surface area contributed by atoms with E-state index in [-0.39, 0.29) is 11.1 Å². The van der Waals surface area contributed by atoms with Gasteiger partial charge in [-0.2, -0.15) is 13.2 Å². The number of halogens is 5. The molecule has 1 aromatic heterocycles. The number of piperazine rings is 1. The van der Waals surface area contributed by atoms with Gasteiger partial charge in [-0.3, -0.25) is 4.90 Å². The second-order valence-electron chi connectivity index (χ2n) is 5.57. The minimum absolute atomic E-state index is 0.149. The first-order chi connectivity index (χ1) is 11.4. The zero-order valence-electron chi connectivity index (χ0n) is 12.5. The van der Waals surface area contributed by atoms with Crippen LogP contribution in [0.4, 0.5) is 13.2 Å². The minimum Gasteiger partial charge on any atom is -0.314 e. The van der Waals surface area contributed by atoms with Gasteiger partial charge in [0.1, 0.15) is 0 Å². The molecule has 0 saturated carbocycles. The van der Waals surface area contributed by atoms with Crippen molar-refractivity contribution in [3.63, 3.8) is 0 Å². The maximum absolute atomic E-state index is 12.9. The number of thiophene rings is 1. The van der Waals surface area contributed by atoms with E-state index in [0.717, 1.165) is 42.7 Å². The van der Waals surface area contributed by atoms with Crippen LogP contribution in [0.25, 0.3) is 0 Å². The first-order valence-corrected chi connectivity index (χ1v) is 9.00. The molecule has 1 atom stereocenters. The Morgan fingerprint density at radius 3 is 2.33 bits per heavy atom. The van der Waals surface area contributed by atoms with E-state index in [1.165, 1.54) is 23.5 Å². The van der Waals surface area contributed by atoms with Gasteiger partial charge in [0, 0.05) is 31.1 Å². The van der Waals surface area contributed by atoms with E-state index in [1.54, 1.807) is 0 Å². The normalized spacial score (nSPS) is 17.9. The summed E-state index contributed by atoms with van der Waals surface area (Å²) in [6.45, 7) is 3.28. The molecular formula is C16H15Cl2F3N2S. The van der Waals surface area contributed by atoms with Crippen LogP contribution in [0.15, 0.2) is 30.3 Å². The summed E-state index contributed by atoms with van der Waals surface area (Å²) in [7, 11) is 0. The van der Waals surface area contributed by atoms with E-state index in [4.69, 9.17) is 23.2 Å². The van der Waals surface area contributed by atoms with E-state index >= 15 is 0 Å². The number of hydrogen-bond donors (Lipinski definition) is 1. The Morgan fingerprint density at radius 2 is 1.79 bits per heavy atom. The van der Waals surface area contributed by atoms with Crippen LogP contribution in [0.3, 0.4) is 0 Å². The van der Waals surface area contributed by atoms with Crippen molar-refractivity contribution in [1.29, 1.82) is 0 Å². The smallest absolute Gasteiger partial charge is 0.314 e. The Kier molecular flexibility index (Phi) is 5.42. The number of nitrogens with zero attached hydrogens (tertiary/aromatic N) is 1. The van der Waals surface area contributed by atoms with E-state index < -0.39 is 11.7 Å². The Morgan fingerprint density at radius 1 is 1.08 bits per heavy atom. The van der Waals surface area contributed by atoms with Crippen LogP contribution in [0.1, 0.15) is 22.0 Å². The van der Waals surface area contributed by atoms with Crippen molar-refractivity contribution < 1.29 is 13.2 Å². The van der Waals surface area contributed by atoms with Gasteiger partial charge in [0.15, 0.2) is 0 Å². The highest BCUT2D eigenvalue weighted by atomic mass is 35.5. The third-order valence-electron chi connectivity index (χ3n) is 3.99. The molecule has 0 aliphatic carbocycles. The van der Waals surface area contributed by atoms with Crippen molar-refractivity contribution in [2.45, 2.75) is 12.2 Å². The Labute approximate surface area is 152 Å². The molecule has 2 aromatic rings. The fourth-order valence-corrected chi connectivity index (χ4v) is 4.42. The SMILES string of the molecule is FC(F)(F)c1ccc([C@@H](c2ccc(Cl)s2)N2CCNCC2)cc1Cl. The highest BCUT2D eigenvalue weighted by Crippen LogP contribution is 2.40. The second-order valence-corrected chi connectivity index (χ2v) is 7.72. The van der Waals surface area contributed by atoms with Gasteiger partial charge in [-0.25, -0.2) is 0 Å². The van der Waals surface area contributed by atoms with E-state index in [9.17, 15) is 13.2 Å². The molecule has 1 aromatic carbocycles. The van der Waals surface area contributed by atoms with Crippen LogP contribution in [0.2, 0.25) is 9.36 Å². The number of nitrogens with one attached hydrogen (secondary N) is 1. The highest BCUT2D eigenvalue weighted by Gasteiger charge is 2.34. The van der Waals surface area contributed by atoms with Crippen LogP contribution >= 0.6 is 34.5 Å². The van der Waals surface area contributed by atoms with Crippen molar-refractivity contribution >= 4 is 34.5 Å². The predicted molar refractivity (Wildman–Crippen MR) is 92.1 cm³/mol. The van der Waals surface area contributed by atoms with Gasteiger partial charge >= 0.3 is 6.18 Å². The minimum atomic E-state index is -4.45. The average Bonchev–Trinajstić information content (AvgIpc) is 2.93. The van der Waals surface area contributed by atoms with E-state index in [2.05, 4.69) is 10.2 Å². The molecule has 0 bridgehead atoms. The predicted octanol–water partition coefficient (Wildman–Crippen LogP) is 5.07. The third kappa shape index (κ3) is 3.89. The lowest BCUT2D eigenvalue weighted by Crippen LogP contribution is -2.45. The first-order valence-electron chi connectivity index (χ1n) is 7.43. The molecule has 1 fully saturated rings. The van der Waals surface area contributed by atoms with Gasteiger partial charge in [0.2, 0.25) is 0 Å². The lowest BCUT2D eigenvalue weighted by Gasteiger charge is -2.35. The van der Waals surface area contributed by atoms with Gasteiger partial charge in [-0.15, -0.1) is 11.3 Å². The van der Waals surface area contributed by atoms with Crippen molar-refractivity contribution in [3.05, 3.63) is 55.7 Å². The van der Waals surface area contributed by atoms with E-state index in [0.29, 0.717) is 4.34 Å². The summed E-state index contributed by atoms with van der Waals surface area (Å²) >= 11 is 13.4. The largest absolute Gasteiger partial charge is 0.417 e. The maximum Gasteiger partial charge on any atom is 0.417 e. The van der Waals surface area contributed by atoms with Crippen LogP contribution in [-0.4, -0.2) is 31.1 Å². The van der Waals surface area contributed by atoms with E-state index in [1.807, 2.05) is 12.1 Å². The molecule has 24 heavy (non-hydrogen) atoms. The Bertz CT molecular complexity index is 712. The topological polar surface area (TPSA) is 15.3 Å². The summed E-state index contributed by atoms with van der Waals surface area (Å²) in [6.07, 6.45) is -4.45. The molecule has 1 saturated heterocycles.